The summed E-state index contributed by atoms with van der Waals surface area (Å²) in [5.74, 6) is 2.88. The Hall–Kier alpha value is -2.00. The Morgan fingerprint density at radius 3 is 2.58 bits per heavy atom. The lowest BCUT2D eigenvalue weighted by molar-refractivity contribution is 0.460. The summed E-state index contributed by atoms with van der Waals surface area (Å²) in [6, 6.07) is 12.1. The molecule has 3 heteroatoms. The number of rotatable bonds is 4. The molecule has 0 aliphatic rings. The second-order valence-electron chi connectivity index (χ2n) is 4.75. The first kappa shape index (κ1) is 12.1. The number of hydrogen-bond donors (Lipinski definition) is 1. The van der Waals surface area contributed by atoms with Crippen molar-refractivity contribution in [3.63, 3.8) is 0 Å². The molecule has 1 N–H and O–H groups in total. The minimum atomic E-state index is 0.729. The zero-order valence-corrected chi connectivity index (χ0v) is 11.2. The molecule has 3 aromatic rings. The molecule has 19 heavy (non-hydrogen) atoms. The van der Waals surface area contributed by atoms with Gasteiger partial charge in [0, 0.05) is 17.5 Å². The van der Waals surface area contributed by atoms with Gasteiger partial charge in [0.25, 0.3) is 0 Å². The van der Waals surface area contributed by atoms with Crippen molar-refractivity contribution in [2.45, 2.75) is 26.9 Å². The summed E-state index contributed by atoms with van der Waals surface area (Å²) < 4.78 is 11.3. The van der Waals surface area contributed by atoms with E-state index in [9.17, 15) is 0 Å². The maximum atomic E-state index is 5.74. The summed E-state index contributed by atoms with van der Waals surface area (Å²) in [7, 11) is 0. The van der Waals surface area contributed by atoms with Gasteiger partial charge >= 0.3 is 0 Å². The summed E-state index contributed by atoms with van der Waals surface area (Å²) in [6.07, 6.45) is 0. The van der Waals surface area contributed by atoms with E-state index in [-0.39, 0.29) is 0 Å². The largest absolute Gasteiger partial charge is 0.465 e. The molecule has 0 aliphatic heterocycles. The van der Waals surface area contributed by atoms with Gasteiger partial charge in [0.15, 0.2) is 0 Å². The Kier molecular flexibility index (Phi) is 3.13. The lowest BCUT2D eigenvalue weighted by Crippen LogP contribution is -2.12. The molecule has 98 valence electrons. The molecule has 2 aromatic heterocycles. The van der Waals surface area contributed by atoms with E-state index in [1.165, 1.54) is 10.9 Å². The lowest BCUT2D eigenvalue weighted by Gasteiger charge is -2.02. The number of fused-ring (bicyclic) bond motifs is 1. The molecule has 0 saturated carbocycles. The van der Waals surface area contributed by atoms with Gasteiger partial charge in [-0.3, -0.25) is 0 Å². The van der Waals surface area contributed by atoms with E-state index >= 15 is 0 Å². The van der Waals surface area contributed by atoms with Crippen LogP contribution >= 0.6 is 0 Å². The number of aryl methyl sites for hydroxylation is 2. The van der Waals surface area contributed by atoms with Crippen molar-refractivity contribution in [2.75, 3.05) is 0 Å². The lowest BCUT2D eigenvalue weighted by atomic mass is 10.1. The average Bonchev–Trinajstić information content (AvgIpc) is 2.94. The van der Waals surface area contributed by atoms with E-state index < -0.39 is 0 Å². The minimum Gasteiger partial charge on any atom is -0.465 e. The van der Waals surface area contributed by atoms with Crippen molar-refractivity contribution in [1.82, 2.24) is 5.32 Å². The molecule has 0 aliphatic carbocycles. The molecule has 2 heterocycles. The summed E-state index contributed by atoms with van der Waals surface area (Å²) in [6.45, 7) is 5.47. The van der Waals surface area contributed by atoms with Crippen molar-refractivity contribution in [1.29, 1.82) is 0 Å². The molecular weight excluding hydrogens is 238 g/mol. The molecule has 0 bridgehead atoms. The Bertz CT molecular complexity index is 694. The highest BCUT2D eigenvalue weighted by Crippen LogP contribution is 2.25. The number of para-hydroxylation sites is 1. The van der Waals surface area contributed by atoms with Crippen LogP contribution in [0.15, 0.2) is 45.2 Å². The fourth-order valence-electron chi connectivity index (χ4n) is 2.33. The van der Waals surface area contributed by atoms with Gasteiger partial charge in [-0.05, 0) is 32.0 Å². The summed E-state index contributed by atoms with van der Waals surface area (Å²) in [5, 5.41) is 4.58. The molecular formula is C16H17NO2. The number of hydrogen-bond acceptors (Lipinski definition) is 3. The van der Waals surface area contributed by atoms with Gasteiger partial charge in [-0.1, -0.05) is 18.2 Å². The van der Waals surface area contributed by atoms with Crippen LogP contribution in [0.25, 0.3) is 11.0 Å². The maximum Gasteiger partial charge on any atom is 0.134 e. The Morgan fingerprint density at radius 1 is 0.947 bits per heavy atom. The fourth-order valence-corrected chi connectivity index (χ4v) is 2.33. The molecule has 0 amide bonds. The van der Waals surface area contributed by atoms with Crippen molar-refractivity contribution < 1.29 is 8.83 Å². The normalized spacial score (nSPS) is 11.3. The number of furan rings is 2. The maximum absolute atomic E-state index is 5.74. The molecule has 0 spiro atoms. The highest BCUT2D eigenvalue weighted by molar-refractivity contribution is 5.82. The quantitative estimate of drug-likeness (QED) is 0.767. The zero-order chi connectivity index (χ0) is 13.2. The smallest absolute Gasteiger partial charge is 0.134 e. The van der Waals surface area contributed by atoms with Crippen molar-refractivity contribution in [3.05, 3.63) is 59.2 Å². The van der Waals surface area contributed by atoms with Crippen molar-refractivity contribution in [2.24, 2.45) is 0 Å². The SMILES string of the molecule is Cc1ccc(CNCc2c(C)oc3ccccc23)o1. The highest BCUT2D eigenvalue weighted by Gasteiger charge is 2.09. The summed E-state index contributed by atoms with van der Waals surface area (Å²) in [5.41, 5.74) is 2.17. The predicted molar refractivity (Wildman–Crippen MR) is 74.9 cm³/mol. The predicted octanol–water partition coefficient (Wildman–Crippen LogP) is 3.93. The Labute approximate surface area is 112 Å². The van der Waals surface area contributed by atoms with E-state index in [1.807, 2.05) is 44.2 Å². The molecule has 1 aromatic carbocycles. The summed E-state index contributed by atoms with van der Waals surface area (Å²) >= 11 is 0. The van der Waals surface area contributed by atoms with Crippen LogP contribution < -0.4 is 5.32 Å². The van der Waals surface area contributed by atoms with Crippen LogP contribution in [-0.4, -0.2) is 0 Å². The van der Waals surface area contributed by atoms with E-state index in [0.29, 0.717) is 0 Å². The first-order chi connectivity index (χ1) is 9.24. The molecule has 3 rings (SSSR count). The molecule has 0 atom stereocenters. The highest BCUT2D eigenvalue weighted by atomic mass is 16.3. The van der Waals surface area contributed by atoms with Gasteiger partial charge in [0.05, 0.1) is 6.54 Å². The van der Waals surface area contributed by atoms with Crippen molar-refractivity contribution >= 4 is 11.0 Å². The standard InChI is InChI=1S/C16H17NO2/c1-11-7-8-13(18-11)9-17-10-15-12(2)19-16-6-4-3-5-14(15)16/h3-8,17H,9-10H2,1-2H3. The molecule has 0 radical (unpaired) electrons. The van der Waals surface area contributed by atoms with E-state index in [4.69, 9.17) is 8.83 Å². The second-order valence-corrected chi connectivity index (χ2v) is 4.75. The van der Waals surface area contributed by atoms with E-state index in [2.05, 4.69) is 11.4 Å². The van der Waals surface area contributed by atoms with Crippen LogP contribution in [0, 0.1) is 13.8 Å². The summed E-state index contributed by atoms with van der Waals surface area (Å²) in [4.78, 5) is 0. The number of benzene rings is 1. The van der Waals surface area contributed by atoms with Crippen LogP contribution in [0.3, 0.4) is 0 Å². The number of nitrogens with one attached hydrogen (secondary N) is 1. The monoisotopic (exact) mass is 255 g/mol. The van der Waals surface area contributed by atoms with Gasteiger partial charge in [0.2, 0.25) is 0 Å². The van der Waals surface area contributed by atoms with E-state index in [1.54, 1.807) is 0 Å². The molecule has 0 unspecified atom stereocenters. The molecule has 0 saturated heterocycles. The molecule has 3 nitrogen and oxygen atoms in total. The minimum absolute atomic E-state index is 0.729. The van der Waals surface area contributed by atoms with Crippen LogP contribution in [0.5, 0.6) is 0 Å². The van der Waals surface area contributed by atoms with Gasteiger partial charge in [-0.25, -0.2) is 0 Å². The van der Waals surface area contributed by atoms with Crippen molar-refractivity contribution in [3.8, 4) is 0 Å². The third-order valence-corrected chi connectivity index (χ3v) is 3.30. The Morgan fingerprint density at radius 2 is 1.79 bits per heavy atom. The second kappa shape index (κ2) is 4.94. The van der Waals surface area contributed by atoms with Gasteiger partial charge in [-0.15, -0.1) is 0 Å². The third-order valence-electron chi connectivity index (χ3n) is 3.30. The van der Waals surface area contributed by atoms with Crippen LogP contribution in [-0.2, 0) is 13.1 Å². The van der Waals surface area contributed by atoms with Crippen LogP contribution in [0.1, 0.15) is 22.8 Å². The van der Waals surface area contributed by atoms with Crippen LogP contribution in [0.2, 0.25) is 0 Å². The van der Waals surface area contributed by atoms with Crippen LogP contribution in [0.4, 0.5) is 0 Å². The van der Waals surface area contributed by atoms with E-state index in [0.717, 1.165) is 36.0 Å². The zero-order valence-electron chi connectivity index (χ0n) is 11.2. The van der Waals surface area contributed by atoms with Gasteiger partial charge in [0.1, 0.15) is 22.9 Å². The van der Waals surface area contributed by atoms with Gasteiger partial charge in [-0.2, -0.15) is 0 Å². The average molecular weight is 255 g/mol. The fraction of sp³-hybridized carbons (Fsp3) is 0.250. The first-order valence-corrected chi connectivity index (χ1v) is 6.47. The first-order valence-electron chi connectivity index (χ1n) is 6.47. The topological polar surface area (TPSA) is 38.3 Å². The van der Waals surface area contributed by atoms with Gasteiger partial charge < -0.3 is 14.2 Å². The molecule has 0 fully saturated rings. The Balaban J connectivity index is 1.73. The third kappa shape index (κ3) is 2.42.